The van der Waals surface area contributed by atoms with Crippen LogP contribution in [0.25, 0.3) is 6.08 Å². The van der Waals surface area contributed by atoms with E-state index in [2.05, 4.69) is 5.32 Å². The maximum atomic E-state index is 13.0. The Kier molecular flexibility index (Phi) is 4.93. The monoisotopic (exact) mass is 287 g/mol. The molecule has 1 heterocycles. The molecule has 4 heteroatoms. The molecule has 0 bridgehead atoms. The molecule has 0 radical (unpaired) electrons. The molecule has 110 valence electrons. The Morgan fingerprint density at radius 2 is 1.95 bits per heavy atom. The van der Waals surface area contributed by atoms with Gasteiger partial charge in [-0.25, -0.2) is 4.39 Å². The van der Waals surface area contributed by atoms with Crippen LogP contribution in [0.2, 0.25) is 0 Å². The van der Waals surface area contributed by atoms with Crippen LogP contribution in [0.4, 0.5) is 4.39 Å². The second-order valence-corrected chi connectivity index (χ2v) is 5.13. The molecular formula is C17H18FNO2. The number of nitrogens with one attached hydrogen (secondary N) is 1. The lowest BCUT2D eigenvalue weighted by molar-refractivity contribution is -0.117. The first-order valence-electron chi connectivity index (χ1n) is 6.84. The van der Waals surface area contributed by atoms with Crippen molar-refractivity contribution in [1.82, 2.24) is 5.32 Å². The van der Waals surface area contributed by atoms with Gasteiger partial charge in [0.15, 0.2) is 0 Å². The molecule has 0 unspecified atom stereocenters. The number of halogens is 1. The lowest BCUT2D eigenvalue weighted by Gasteiger charge is -2.22. The lowest BCUT2D eigenvalue weighted by atomic mass is 9.96. The molecule has 0 fully saturated rings. The zero-order valence-electron chi connectivity index (χ0n) is 12.0. The van der Waals surface area contributed by atoms with E-state index in [0.29, 0.717) is 5.76 Å². The van der Waals surface area contributed by atoms with E-state index < -0.39 is 0 Å². The molecule has 1 atom stereocenters. The van der Waals surface area contributed by atoms with E-state index in [-0.39, 0.29) is 23.7 Å². The van der Waals surface area contributed by atoms with Gasteiger partial charge in [0, 0.05) is 6.08 Å². The summed E-state index contributed by atoms with van der Waals surface area (Å²) < 4.78 is 18.1. The summed E-state index contributed by atoms with van der Waals surface area (Å²) in [5.41, 5.74) is 0.881. The number of furan rings is 1. The van der Waals surface area contributed by atoms with Gasteiger partial charge in [0.2, 0.25) is 5.91 Å². The van der Waals surface area contributed by atoms with Crippen molar-refractivity contribution in [3.05, 3.63) is 65.9 Å². The van der Waals surface area contributed by atoms with E-state index in [1.54, 1.807) is 36.6 Å². The van der Waals surface area contributed by atoms with Crippen molar-refractivity contribution >= 4 is 12.0 Å². The van der Waals surface area contributed by atoms with Gasteiger partial charge in [0.05, 0.1) is 12.3 Å². The summed E-state index contributed by atoms with van der Waals surface area (Å²) in [5.74, 6) is 0.309. The molecule has 2 aromatic rings. The first-order valence-corrected chi connectivity index (χ1v) is 6.84. The number of hydrogen-bond acceptors (Lipinski definition) is 2. The van der Waals surface area contributed by atoms with Crippen LogP contribution in [0, 0.1) is 11.7 Å². The van der Waals surface area contributed by atoms with Crippen molar-refractivity contribution in [3.8, 4) is 0 Å². The zero-order valence-corrected chi connectivity index (χ0v) is 12.0. The Bertz CT molecular complexity index is 600. The van der Waals surface area contributed by atoms with Crippen LogP contribution in [0.1, 0.15) is 31.2 Å². The number of rotatable bonds is 5. The van der Waals surface area contributed by atoms with Gasteiger partial charge in [-0.1, -0.05) is 26.0 Å². The van der Waals surface area contributed by atoms with Crippen LogP contribution in [0.15, 0.2) is 53.2 Å². The van der Waals surface area contributed by atoms with E-state index in [1.807, 2.05) is 13.8 Å². The Labute approximate surface area is 123 Å². The number of carbonyl (C=O) groups is 1. The number of amides is 1. The summed E-state index contributed by atoms with van der Waals surface area (Å²) in [5, 5.41) is 2.92. The summed E-state index contributed by atoms with van der Waals surface area (Å²) in [6.45, 7) is 4.01. The number of carbonyl (C=O) groups excluding carboxylic acids is 1. The third-order valence-electron chi connectivity index (χ3n) is 3.14. The van der Waals surface area contributed by atoms with E-state index >= 15 is 0 Å². The zero-order chi connectivity index (χ0) is 15.2. The minimum absolute atomic E-state index is 0.167. The van der Waals surface area contributed by atoms with Crippen LogP contribution >= 0.6 is 0 Å². The molecule has 0 aliphatic heterocycles. The fraction of sp³-hybridized carbons (Fsp3) is 0.235. The molecule has 0 aliphatic carbocycles. The summed E-state index contributed by atoms with van der Waals surface area (Å²) in [6, 6.07) is 9.54. The van der Waals surface area contributed by atoms with Gasteiger partial charge < -0.3 is 9.73 Å². The normalized spacial score (nSPS) is 12.8. The quantitative estimate of drug-likeness (QED) is 0.846. The van der Waals surface area contributed by atoms with Crippen LogP contribution in [-0.2, 0) is 4.79 Å². The average Bonchev–Trinajstić information content (AvgIpc) is 2.97. The standard InChI is InChI=1S/C17H18FNO2/c1-12(2)17(13-5-7-14(18)8-6-13)19-16(20)10-9-15-4-3-11-21-15/h3-12,17H,1-2H3,(H,19,20)/b10-9+/t17-/m1/s1. The molecule has 0 saturated heterocycles. The van der Waals surface area contributed by atoms with Crippen LogP contribution in [0.5, 0.6) is 0 Å². The highest BCUT2D eigenvalue weighted by atomic mass is 19.1. The molecular weight excluding hydrogens is 269 g/mol. The number of benzene rings is 1. The Hall–Kier alpha value is -2.36. The van der Waals surface area contributed by atoms with Gasteiger partial charge in [-0.15, -0.1) is 0 Å². The van der Waals surface area contributed by atoms with Crippen molar-refractivity contribution in [2.24, 2.45) is 5.92 Å². The summed E-state index contributed by atoms with van der Waals surface area (Å²) in [4.78, 5) is 12.0. The molecule has 2 rings (SSSR count). The molecule has 1 N–H and O–H groups in total. The first-order chi connectivity index (χ1) is 10.1. The molecule has 1 aromatic heterocycles. The SMILES string of the molecule is CC(C)[C@@H](NC(=O)/C=C/c1ccco1)c1ccc(F)cc1. The van der Waals surface area contributed by atoms with E-state index in [0.717, 1.165) is 5.56 Å². The molecule has 0 aliphatic rings. The predicted molar refractivity (Wildman–Crippen MR) is 79.9 cm³/mol. The van der Waals surface area contributed by atoms with Gasteiger partial charge in [-0.05, 0) is 41.8 Å². The molecule has 3 nitrogen and oxygen atoms in total. The topological polar surface area (TPSA) is 42.2 Å². The Balaban J connectivity index is 2.06. The average molecular weight is 287 g/mol. The van der Waals surface area contributed by atoms with Crippen molar-refractivity contribution in [1.29, 1.82) is 0 Å². The van der Waals surface area contributed by atoms with Crippen LogP contribution < -0.4 is 5.32 Å². The van der Waals surface area contributed by atoms with Gasteiger partial charge in [-0.3, -0.25) is 4.79 Å². The largest absolute Gasteiger partial charge is 0.465 e. The molecule has 1 amide bonds. The van der Waals surface area contributed by atoms with Crippen LogP contribution in [-0.4, -0.2) is 5.91 Å². The lowest BCUT2D eigenvalue weighted by Crippen LogP contribution is -2.30. The minimum atomic E-state index is -0.287. The Morgan fingerprint density at radius 3 is 2.52 bits per heavy atom. The second-order valence-electron chi connectivity index (χ2n) is 5.13. The van der Waals surface area contributed by atoms with Crippen molar-refractivity contribution in [2.45, 2.75) is 19.9 Å². The fourth-order valence-corrected chi connectivity index (χ4v) is 2.05. The van der Waals surface area contributed by atoms with Gasteiger partial charge in [0.1, 0.15) is 11.6 Å². The summed E-state index contributed by atoms with van der Waals surface area (Å²) in [6.07, 6.45) is 4.59. The van der Waals surface area contributed by atoms with Gasteiger partial charge in [0.25, 0.3) is 0 Å². The maximum Gasteiger partial charge on any atom is 0.244 e. The third kappa shape index (κ3) is 4.31. The van der Waals surface area contributed by atoms with Crippen molar-refractivity contribution < 1.29 is 13.6 Å². The van der Waals surface area contributed by atoms with Crippen LogP contribution in [0.3, 0.4) is 0 Å². The van der Waals surface area contributed by atoms with Gasteiger partial charge in [-0.2, -0.15) is 0 Å². The highest BCUT2D eigenvalue weighted by molar-refractivity contribution is 5.91. The fourth-order valence-electron chi connectivity index (χ4n) is 2.05. The summed E-state index contributed by atoms with van der Waals surface area (Å²) in [7, 11) is 0. The predicted octanol–water partition coefficient (Wildman–Crippen LogP) is 3.95. The second kappa shape index (κ2) is 6.88. The highest BCUT2D eigenvalue weighted by Gasteiger charge is 2.17. The van der Waals surface area contributed by atoms with E-state index in [9.17, 15) is 9.18 Å². The first kappa shape index (κ1) is 15.0. The Morgan fingerprint density at radius 1 is 1.24 bits per heavy atom. The highest BCUT2D eigenvalue weighted by Crippen LogP contribution is 2.21. The van der Waals surface area contributed by atoms with Gasteiger partial charge >= 0.3 is 0 Å². The minimum Gasteiger partial charge on any atom is -0.465 e. The summed E-state index contributed by atoms with van der Waals surface area (Å²) >= 11 is 0. The van der Waals surface area contributed by atoms with Crippen molar-refractivity contribution in [2.75, 3.05) is 0 Å². The number of hydrogen-bond donors (Lipinski definition) is 1. The third-order valence-corrected chi connectivity index (χ3v) is 3.14. The molecule has 1 aromatic carbocycles. The van der Waals surface area contributed by atoms with Crippen molar-refractivity contribution in [3.63, 3.8) is 0 Å². The van der Waals surface area contributed by atoms with E-state index in [4.69, 9.17) is 4.42 Å². The maximum absolute atomic E-state index is 13.0. The van der Waals surface area contributed by atoms with E-state index in [1.165, 1.54) is 18.2 Å². The molecule has 0 spiro atoms. The molecule has 0 saturated carbocycles. The smallest absolute Gasteiger partial charge is 0.244 e. The molecule has 21 heavy (non-hydrogen) atoms.